The van der Waals surface area contributed by atoms with Crippen LogP contribution in [-0.4, -0.2) is 50.1 Å². The second-order valence-electron chi connectivity index (χ2n) is 8.08. The normalized spacial score (nSPS) is 13.2. The number of nitriles is 1. The summed E-state index contributed by atoms with van der Waals surface area (Å²) in [5.74, 6) is -0.0418. The SMILES string of the molecule is CC=C(C(=O)N(C)Cc1cc(C#N)nn1CC(F)F)C(=CC(C)C)C(C)Oc1nc(Br)cnc1N. The third-order valence-corrected chi connectivity index (χ3v) is 5.22. The van der Waals surface area contributed by atoms with Crippen LogP contribution in [-0.2, 0) is 17.9 Å². The molecule has 0 saturated heterocycles. The van der Waals surface area contributed by atoms with Gasteiger partial charge in [0.15, 0.2) is 11.5 Å². The Labute approximate surface area is 211 Å². The van der Waals surface area contributed by atoms with Gasteiger partial charge >= 0.3 is 0 Å². The van der Waals surface area contributed by atoms with Gasteiger partial charge in [-0.2, -0.15) is 10.4 Å². The molecular weight excluding hydrogens is 524 g/mol. The molecule has 1 atom stereocenters. The number of nitrogen functional groups attached to an aromatic ring is 1. The minimum atomic E-state index is -2.65. The number of nitrogens with two attached hydrogens (primary N) is 1. The van der Waals surface area contributed by atoms with E-state index in [0.717, 1.165) is 4.68 Å². The number of amides is 1. The highest BCUT2D eigenvalue weighted by Crippen LogP contribution is 2.26. The van der Waals surface area contributed by atoms with E-state index in [0.29, 0.717) is 21.4 Å². The lowest BCUT2D eigenvalue weighted by atomic mass is 9.96. The van der Waals surface area contributed by atoms with Crippen molar-refractivity contribution in [3.05, 3.63) is 51.6 Å². The van der Waals surface area contributed by atoms with Gasteiger partial charge < -0.3 is 15.4 Å². The van der Waals surface area contributed by atoms with E-state index in [-0.39, 0.29) is 35.8 Å². The molecule has 0 fully saturated rings. The van der Waals surface area contributed by atoms with Gasteiger partial charge in [0, 0.05) is 18.2 Å². The molecule has 9 nitrogen and oxygen atoms in total. The minimum Gasteiger partial charge on any atom is -0.467 e. The summed E-state index contributed by atoms with van der Waals surface area (Å²) >= 11 is 3.24. The maximum atomic E-state index is 13.4. The number of alkyl halides is 2. The molecule has 2 aromatic heterocycles. The molecule has 1 amide bonds. The molecule has 2 N–H and O–H groups in total. The molecule has 188 valence electrons. The topological polar surface area (TPSA) is 123 Å². The first-order valence-corrected chi connectivity index (χ1v) is 11.6. The Kier molecular flexibility index (Phi) is 9.89. The van der Waals surface area contributed by atoms with Gasteiger partial charge in [0.25, 0.3) is 18.2 Å². The predicted molar refractivity (Wildman–Crippen MR) is 130 cm³/mol. The first-order chi connectivity index (χ1) is 16.5. The quantitative estimate of drug-likeness (QED) is 0.348. The zero-order chi connectivity index (χ0) is 26.3. The number of hydrogen-bond acceptors (Lipinski definition) is 7. The summed E-state index contributed by atoms with van der Waals surface area (Å²) in [5.41, 5.74) is 7.20. The summed E-state index contributed by atoms with van der Waals surface area (Å²) in [5, 5.41) is 13.0. The zero-order valence-corrected chi connectivity index (χ0v) is 21.8. The van der Waals surface area contributed by atoms with E-state index in [1.807, 2.05) is 26.0 Å². The number of likely N-dealkylation sites (N-methyl/N-ethyl adjacent to an activating group) is 1. The highest BCUT2D eigenvalue weighted by atomic mass is 79.9. The Hall–Kier alpha value is -3.33. The predicted octanol–water partition coefficient (Wildman–Crippen LogP) is 4.11. The van der Waals surface area contributed by atoms with Crippen LogP contribution < -0.4 is 10.5 Å². The summed E-state index contributed by atoms with van der Waals surface area (Å²) in [6, 6.07) is 3.24. The summed E-state index contributed by atoms with van der Waals surface area (Å²) in [6.45, 7) is 6.73. The maximum Gasteiger partial charge on any atom is 0.258 e. The van der Waals surface area contributed by atoms with Gasteiger partial charge in [0.05, 0.1) is 18.4 Å². The monoisotopic (exact) mass is 551 g/mol. The molecule has 0 aliphatic rings. The molecule has 0 radical (unpaired) electrons. The number of allylic oxidation sites excluding steroid dienone is 2. The number of carbonyl (C=O) groups is 1. The summed E-state index contributed by atoms with van der Waals surface area (Å²) in [4.78, 5) is 23.0. The van der Waals surface area contributed by atoms with Crippen LogP contribution in [0.1, 0.15) is 39.1 Å². The van der Waals surface area contributed by atoms with Crippen molar-refractivity contribution in [1.29, 1.82) is 5.26 Å². The Morgan fingerprint density at radius 2 is 2.09 bits per heavy atom. The van der Waals surface area contributed by atoms with Crippen molar-refractivity contribution in [2.75, 3.05) is 12.8 Å². The number of anilines is 1. The highest BCUT2D eigenvalue weighted by molar-refractivity contribution is 9.10. The van der Waals surface area contributed by atoms with Crippen LogP contribution in [0.5, 0.6) is 5.88 Å². The zero-order valence-electron chi connectivity index (χ0n) is 20.2. The third-order valence-electron chi connectivity index (χ3n) is 4.84. The summed E-state index contributed by atoms with van der Waals surface area (Å²) in [7, 11) is 1.55. The van der Waals surface area contributed by atoms with Gasteiger partial charge in [-0.05, 0) is 41.8 Å². The van der Waals surface area contributed by atoms with Gasteiger partial charge in [0.1, 0.15) is 23.3 Å². The summed E-state index contributed by atoms with van der Waals surface area (Å²) in [6.07, 6.45) is 1.76. The lowest BCUT2D eigenvalue weighted by molar-refractivity contribution is -0.126. The molecule has 2 aromatic rings. The Bertz CT molecular complexity index is 1160. The van der Waals surface area contributed by atoms with E-state index >= 15 is 0 Å². The van der Waals surface area contributed by atoms with E-state index in [9.17, 15) is 13.6 Å². The summed E-state index contributed by atoms with van der Waals surface area (Å²) < 4.78 is 33.4. The van der Waals surface area contributed by atoms with Crippen LogP contribution in [0.4, 0.5) is 14.6 Å². The standard InChI is InChI=1S/C23H28BrF2N7O2/c1-6-17(18(7-13(2)3)14(4)35-22-21(28)29-10-19(24)30-22)23(34)32(5)11-16-8-15(9-27)31-33(16)12-20(25)26/h6-8,10,13-14,20H,11-12H2,1-5H3,(H2,28,29). The van der Waals surface area contributed by atoms with Crippen molar-refractivity contribution in [3.63, 3.8) is 0 Å². The van der Waals surface area contributed by atoms with Crippen molar-refractivity contribution >= 4 is 27.7 Å². The van der Waals surface area contributed by atoms with Crippen LogP contribution in [0.2, 0.25) is 0 Å². The average Bonchev–Trinajstić information content (AvgIpc) is 3.16. The molecule has 0 aliphatic heterocycles. The van der Waals surface area contributed by atoms with Crippen molar-refractivity contribution in [1.82, 2.24) is 24.6 Å². The molecule has 0 spiro atoms. The lowest BCUT2D eigenvalue weighted by Crippen LogP contribution is -2.32. The van der Waals surface area contributed by atoms with E-state index in [1.54, 1.807) is 27.0 Å². The smallest absolute Gasteiger partial charge is 0.258 e. The van der Waals surface area contributed by atoms with E-state index < -0.39 is 19.1 Å². The fraction of sp³-hybridized carbons (Fsp3) is 0.435. The van der Waals surface area contributed by atoms with Crippen LogP contribution in [0.3, 0.4) is 0 Å². The number of ether oxygens (including phenoxy) is 1. The van der Waals surface area contributed by atoms with E-state index in [1.165, 1.54) is 17.2 Å². The Balaban J connectivity index is 2.33. The van der Waals surface area contributed by atoms with Gasteiger partial charge in [-0.3, -0.25) is 9.48 Å². The van der Waals surface area contributed by atoms with Gasteiger partial charge in [-0.1, -0.05) is 26.0 Å². The average molecular weight is 552 g/mol. The number of carbonyl (C=O) groups excluding carboxylic acids is 1. The van der Waals surface area contributed by atoms with Crippen LogP contribution >= 0.6 is 15.9 Å². The maximum absolute atomic E-state index is 13.4. The van der Waals surface area contributed by atoms with E-state index in [2.05, 4.69) is 31.0 Å². The largest absolute Gasteiger partial charge is 0.467 e. The molecule has 2 rings (SSSR count). The number of hydrogen-bond donors (Lipinski definition) is 1. The van der Waals surface area contributed by atoms with Gasteiger partial charge in [0.2, 0.25) is 0 Å². The van der Waals surface area contributed by atoms with Crippen molar-refractivity contribution < 1.29 is 18.3 Å². The van der Waals surface area contributed by atoms with Crippen molar-refractivity contribution in [3.8, 4) is 11.9 Å². The molecule has 0 aromatic carbocycles. The van der Waals surface area contributed by atoms with Crippen LogP contribution in [0.25, 0.3) is 0 Å². The second-order valence-corrected chi connectivity index (χ2v) is 8.89. The Morgan fingerprint density at radius 3 is 2.66 bits per heavy atom. The number of nitrogens with zero attached hydrogens (tertiary/aromatic N) is 6. The van der Waals surface area contributed by atoms with Crippen molar-refractivity contribution in [2.24, 2.45) is 5.92 Å². The van der Waals surface area contributed by atoms with Gasteiger partial charge in [-0.15, -0.1) is 0 Å². The lowest BCUT2D eigenvalue weighted by Gasteiger charge is -2.25. The fourth-order valence-electron chi connectivity index (χ4n) is 3.34. The molecule has 0 bridgehead atoms. The number of aromatic nitrogens is 4. The highest BCUT2D eigenvalue weighted by Gasteiger charge is 2.25. The molecule has 12 heteroatoms. The van der Waals surface area contributed by atoms with Crippen LogP contribution in [0.15, 0.2) is 40.2 Å². The van der Waals surface area contributed by atoms with E-state index in [4.69, 9.17) is 15.7 Å². The molecule has 2 heterocycles. The number of rotatable bonds is 10. The Morgan fingerprint density at radius 1 is 1.40 bits per heavy atom. The molecule has 0 aliphatic carbocycles. The molecule has 35 heavy (non-hydrogen) atoms. The second kappa shape index (κ2) is 12.4. The van der Waals surface area contributed by atoms with Gasteiger partial charge in [-0.25, -0.2) is 18.7 Å². The molecule has 0 saturated carbocycles. The molecule has 1 unspecified atom stereocenters. The molecular formula is C23H28BrF2N7O2. The van der Waals surface area contributed by atoms with Crippen molar-refractivity contribution in [2.45, 2.75) is 53.3 Å². The first kappa shape index (κ1) is 27.9. The number of halogens is 3. The third kappa shape index (κ3) is 7.58. The van der Waals surface area contributed by atoms with Crippen LogP contribution in [0, 0.1) is 17.2 Å². The minimum absolute atomic E-state index is 0.00268. The fourth-order valence-corrected chi connectivity index (χ4v) is 3.61. The first-order valence-electron chi connectivity index (χ1n) is 10.8.